The fourth-order valence-corrected chi connectivity index (χ4v) is 3.67. The van der Waals surface area contributed by atoms with Gasteiger partial charge in [-0.15, -0.1) is 0 Å². The van der Waals surface area contributed by atoms with Crippen LogP contribution in [0.4, 0.5) is 24.7 Å². The maximum absolute atomic E-state index is 14.5. The van der Waals surface area contributed by atoms with Crippen molar-refractivity contribution in [1.82, 2.24) is 4.98 Å². The first-order valence-electron chi connectivity index (χ1n) is 8.70. The summed E-state index contributed by atoms with van der Waals surface area (Å²) in [6, 6.07) is 4.91. The van der Waals surface area contributed by atoms with Crippen LogP contribution in [0, 0.1) is 12.7 Å². The van der Waals surface area contributed by atoms with Crippen molar-refractivity contribution in [2.24, 2.45) is 5.14 Å². The van der Waals surface area contributed by atoms with E-state index in [2.05, 4.69) is 10.3 Å². The van der Waals surface area contributed by atoms with Gasteiger partial charge in [0.25, 0.3) is 11.8 Å². The van der Waals surface area contributed by atoms with Gasteiger partial charge in [-0.3, -0.25) is 4.79 Å². The van der Waals surface area contributed by atoms with Gasteiger partial charge >= 0.3 is 0 Å². The van der Waals surface area contributed by atoms with Crippen molar-refractivity contribution in [3.05, 3.63) is 47.4 Å². The normalized spacial score (nSPS) is 16.5. The molecule has 1 aliphatic heterocycles. The second-order valence-corrected chi connectivity index (χ2v) is 8.37. The molecule has 1 fully saturated rings. The summed E-state index contributed by atoms with van der Waals surface area (Å²) < 4.78 is 64.3. The van der Waals surface area contributed by atoms with Gasteiger partial charge in [-0.2, -0.15) is 0 Å². The van der Waals surface area contributed by atoms with E-state index in [-0.39, 0.29) is 43.0 Å². The zero-order valence-corrected chi connectivity index (χ0v) is 16.3. The molecule has 0 radical (unpaired) electrons. The van der Waals surface area contributed by atoms with E-state index < -0.39 is 32.6 Å². The topological polar surface area (TPSA) is 105 Å². The molecule has 2 heterocycles. The Hall–Kier alpha value is -2.66. The summed E-state index contributed by atoms with van der Waals surface area (Å²) in [5.41, 5.74) is 0.329. The molecule has 0 saturated carbocycles. The summed E-state index contributed by atoms with van der Waals surface area (Å²) in [6.07, 6.45) is 0.768. The summed E-state index contributed by atoms with van der Waals surface area (Å²) in [7, 11) is -4.32. The second kappa shape index (κ2) is 7.64. The van der Waals surface area contributed by atoms with Crippen LogP contribution in [-0.2, 0) is 10.0 Å². The van der Waals surface area contributed by atoms with Crippen LogP contribution in [0.25, 0.3) is 0 Å². The Bertz CT molecular complexity index is 1050. The molecule has 3 N–H and O–H groups in total. The smallest absolute Gasteiger partial charge is 0.259 e. The summed E-state index contributed by atoms with van der Waals surface area (Å²) in [5, 5.41) is 7.29. The summed E-state index contributed by atoms with van der Waals surface area (Å²) >= 11 is 0. The van der Waals surface area contributed by atoms with E-state index in [0.717, 1.165) is 6.07 Å². The average Bonchev–Trinajstić information content (AvgIpc) is 2.62. The highest BCUT2D eigenvalue weighted by molar-refractivity contribution is 7.89. The van der Waals surface area contributed by atoms with E-state index in [1.165, 1.54) is 24.4 Å². The lowest BCUT2D eigenvalue weighted by atomic mass is 10.1. The number of primary sulfonamides is 1. The quantitative estimate of drug-likeness (QED) is 0.779. The van der Waals surface area contributed by atoms with E-state index >= 15 is 0 Å². The number of sulfonamides is 1. The zero-order chi connectivity index (χ0) is 21.4. The molecule has 1 saturated heterocycles. The van der Waals surface area contributed by atoms with Gasteiger partial charge in [0.05, 0.1) is 11.3 Å². The molecule has 0 aliphatic carbocycles. The van der Waals surface area contributed by atoms with Crippen LogP contribution in [0.2, 0.25) is 0 Å². The number of nitrogens with one attached hydrogen (secondary N) is 1. The lowest BCUT2D eigenvalue weighted by Crippen LogP contribution is -2.40. The predicted molar refractivity (Wildman–Crippen MR) is 101 cm³/mol. The van der Waals surface area contributed by atoms with E-state index in [1.54, 1.807) is 11.8 Å². The number of aryl methyl sites for hydroxylation is 1. The largest absolute Gasteiger partial charge is 0.356 e. The highest BCUT2D eigenvalue weighted by Crippen LogP contribution is 2.31. The highest BCUT2D eigenvalue weighted by Gasteiger charge is 2.35. The number of hydrogen-bond acceptors (Lipinski definition) is 5. The maximum atomic E-state index is 14.5. The van der Waals surface area contributed by atoms with Crippen LogP contribution in [-0.4, -0.2) is 38.3 Å². The number of piperidine rings is 1. The number of carbonyl (C=O) groups excluding carboxylic acids is 1. The minimum absolute atomic E-state index is 0.0125. The van der Waals surface area contributed by atoms with Crippen molar-refractivity contribution in [3.8, 4) is 0 Å². The SMILES string of the molecule is Cc1cnc(N2CCC(F)(F)CC2)c(C(=O)Nc2cccc(S(N)(=O)=O)c2F)c1. The minimum Gasteiger partial charge on any atom is -0.356 e. The van der Waals surface area contributed by atoms with Gasteiger partial charge in [0.2, 0.25) is 10.0 Å². The highest BCUT2D eigenvalue weighted by atomic mass is 32.2. The van der Waals surface area contributed by atoms with Gasteiger partial charge in [0.1, 0.15) is 10.7 Å². The Morgan fingerprint density at radius 3 is 2.55 bits per heavy atom. The molecule has 1 aromatic heterocycles. The number of aromatic nitrogens is 1. The minimum atomic E-state index is -4.32. The number of pyridine rings is 1. The Labute approximate surface area is 165 Å². The first kappa shape index (κ1) is 21.1. The molecule has 1 amide bonds. The lowest BCUT2D eigenvalue weighted by molar-refractivity contribution is -0.0221. The van der Waals surface area contributed by atoms with Gasteiger partial charge in [-0.25, -0.2) is 31.7 Å². The standard InChI is InChI=1S/C18H19F3N4O3S/c1-11-9-12(16(23-10-11)25-7-5-18(20,21)6-8-25)17(26)24-13-3-2-4-14(15(13)19)29(22,27)28/h2-4,9-10H,5-8H2,1H3,(H,24,26)(H2,22,27,28). The first-order chi connectivity index (χ1) is 13.5. The molecule has 0 unspecified atom stereocenters. The van der Waals surface area contributed by atoms with E-state index in [1.807, 2.05) is 0 Å². The molecular formula is C18H19F3N4O3S. The third kappa shape index (κ3) is 4.67. The van der Waals surface area contributed by atoms with Crippen LogP contribution in [0.3, 0.4) is 0 Å². The van der Waals surface area contributed by atoms with Gasteiger partial charge in [0.15, 0.2) is 5.82 Å². The maximum Gasteiger partial charge on any atom is 0.259 e. The number of amides is 1. The number of nitrogens with two attached hydrogens (primary N) is 1. The molecular weight excluding hydrogens is 409 g/mol. The third-order valence-corrected chi connectivity index (χ3v) is 5.49. The predicted octanol–water partition coefficient (Wildman–Crippen LogP) is 2.66. The Balaban J connectivity index is 1.92. The van der Waals surface area contributed by atoms with E-state index in [0.29, 0.717) is 5.56 Å². The Morgan fingerprint density at radius 1 is 1.28 bits per heavy atom. The van der Waals surface area contributed by atoms with Gasteiger partial charge < -0.3 is 10.2 Å². The first-order valence-corrected chi connectivity index (χ1v) is 10.2. The summed E-state index contributed by atoms with van der Waals surface area (Å²) in [4.78, 5) is 17.8. The van der Waals surface area contributed by atoms with Gasteiger partial charge in [0, 0.05) is 32.1 Å². The van der Waals surface area contributed by atoms with Gasteiger partial charge in [-0.1, -0.05) is 6.07 Å². The number of alkyl halides is 2. The molecule has 0 atom stereocenters. The number of nitrogens with zero attached hydrogens (tertiary/aromatic N) is 2. The number of rotatable bonds is 4. The van der Waals surface area contributed by atoms with Crippen molar-refractivity contribution in [1.29, 1.82) is 0 Å². The number of benzene rings is 1. The molecule has 0 bridgehead atoms. The molecule has 2 aromatic rings. The molecule has 0 spiro atoms. The monoisotopic (exact) mass is 428 g/mol. The second-order valence-electron chi connectivity index (χ2n) is 6.84. The molecule has 1 aliphatic rings. The number of anilines is 2. The van der Waals surface area contributed by atoms with Crippen LogP contribution >= 0.6 is 0 Å². The number of hydrogen-bond donors (Lipinski definition) is 2. The fourth-order valence-electron chi connectivity index (χ4n) is 3.04. The summed E-state index contributed by atoms with van der Waals surface area (Å²) in [6.45, 7) is 1.72. The van der Waals surface area contributed by atoms with Crippen molar-refractivity contribution in [3.63, 3.8) is 0 Å². The zero-order valence-electron chi connectivity index (χ0n) is 15.5. The van der Waals surface area contributed by atoms with Crippen molar-refractivity contribution < 1.29 is 26.4 Å². The lowest BCUT2D eigenvalue weighted by Gasteiger charge is -2.33. The molecule has 29 heavy (non-hydrogen) atoms. The fraction of sp³-hybridized carbons (Fsp3) is 0.333. The van der Waals surface area contributed by atoms with Crippen molar-refractivity contribution in [2.75, 3.05) is 23.3 Å². The molecule has 156 valence electrons. The van der Waals surface area contributed by atoms with Crippen LogP contribution in [0.1, 0.15) is 28.8 Å². The third-order valence-electron chi connectivity index (χ3n) is 4.56. The molecule has 11 heteroatoms. The average molecular weight is 428 g/mol. The van der Waals surface area contributed by atoms with Crippen molar-refractivity contribution >= 4 is 27.4 Å². The molecule has 1 aromatic carbocycles. The van der Waals surface area contributed by atoms with E-state index in [4.69, 9.17) is 5.14 Å². The molecule has 7 nitrogen and oxygen atoms in total. The summed E-state index contributed by atoms with van der Waals surface area (Å²) in [5.74, 6) is -4.50. The van der Waals surface area contributed by atoms with E-state index in [9.17, 15) is 26.4 Å². The Kier molecular flexibility index (Phi) is 5.54. The Morgan fingerprint density at radius 2 is 1.93 bits per heavy atom. The van der Waals surface area contributed by atoms with Crippen LogP contribution in [0.5, 0.6) is 0 Å². The number of halogens is 3. The van der Waals surface area contributed by atoms with Crippen molar-refractivity contribution in [2.45, 2.75) is 30.6 Å². The van der Waals surface area contributed by atoms with Crippen LogP contribution in [0.15, 0.2) is 35.4 Å². The van der Waals surface area contributed by atoms with Gasteiger partial charge in [-0.05, 0) is 30.7 Å². The molecule has 3 rings (SSSR count). The van der Waals surface area contributed by atoms with Crippen LogP contribution < -0.4 is 15.4 Å². The number of carbonyl (C=O) groups is 1.